The maximum absolute atomic E-state index is 13.5. The highest BCUT2D eigenvalue weighted by molar-refractivity contribution is 6.03. The Labute approximate surface area is 132 Å². The summed E-state index contributed by atoms with van der Waals surface area (Å²) in [6.07, 6.45) is 1.41. The number of carbonyl (C=O) groups excluding carboxylic acids is 2. The van der Waals surface area contributed by atoms with Crippen molar-refractivity contribution in [1.29, 1.82) is 0 Å². The smallest absolute Gasteiger partial charge is 0.247 e. The molecule has 5 heteroatoms. The van der Waals surface area contributed by atoms with Gasteiger partial charge in [-0.2, -0.15) is 0 Å². The molecule has 23 heavy (non-hydrogen) atoms. The zero-order valence-corrected chi connectivity index (χ0v) is 12.5. The van der Waals surface area contributed by atoms with E-state index in [1.54, 1.807) is 18.2 Å². The molecule has 0 aliphatic heterocycles. The van der Waals surface area contributed by atoms with Gasteiger partial charge in [0.2, 0.25) is 5.91 Å². The van der Waals surface area contributed by atoms with Crippen LogP contribution in [0.4, 0.5) is 8.78 Å². The number of carbonyl (C=O) groups is 2. The maximum Gasteiger partial charge on any atom is 0.247 e. The fourth-order valence-electron chi connectivity index (χ4n) is 1.93. The first-order chi connectivity index (χ1) is 11.0. The van der Waals surface area contributed by atoms with Crippen molar-refractivity contribution in [2.75, 3.05) is 6.54 Å². The van der Waals surface area contributed by atoms with Gasteiger partial charge < -0.3 is 5.32 Å². The molecule has 0 aromatic heterocycles. The van der Waals surface area contributed by atoms with E-state index >= 15 is 0 Å². The van der Waals surface area contributed by atoms with Gasteiger partial charge in [-0.05, 0) is 43.3 Å². The van der Waals surface area contributed by atoms with E-state index in [9.17, 15) is 18.4 Å². The van der Waals surface area contributed by atoms with Crippen LogP contribution in [0.3, 0.4) is 0 Å². The second kappa shape index (κ2) is 7.45. The Morgan fingerprint density at radius 3 is 2.35 bits per heavy atom. The van der Waals surface area contributed by atoms with E-state index in [4.69, 9.17) is 0 Å². The van der Waals surface area contributed by atoms with Crippen LogP contribution in [0.1, 0.15) is 22.8 Å². The molecule has 0 saturated carbocycles. The lowest BCUT2D eigenvalue weighted by Gasteiger charge is -2.06. The van der Waals surface area contributed by atoms with Crippen LogP contribution in [0.25, 0.3) is 6.08 Å². The van der Waals surface area contributed by atoms with Gasteiger partial charge in [0.25, 0.3) is 0 Å². The van der Waals surface area contributed by atoms with Crippen molar-refractivity contribution in [3.05, 3.63) is 76.9 Å². The number of rotatable bonds is 5. The topological polar surface area (TPSA) is 46.2 Å². The van der Waals surface area contributed by atoms with E-state index in [1.165, 1.54) is 43.3 Å². The molecule has 1 N–H and O–H groups in total. The molecule has 0 radical (unpaired) electrons. The zero-order chi connectivity index (χ0) is 16.8. The average molecular weight is 315 g/mol. The summed E-state index contributed by atoms with van der Waals surface area (Å²) in [6.45, 7) is 1.32. The van der Waals surface area contributed by atoms with Crippen LogP contribution in [0.15, 0.2) is 54.1 Å². The molecule has 0 bridgehead atoms. The summed E-state index contributed by atoms with van der Waals surface area (Å²) in [5.74, 6) is -1.67. The second-order valence-corrected chi connectivity index (χ2v) is 4.96. The lowest BCUT2D eigenvalue weighted by Crippen LogP contribution is -2.30. The largest absolute Gasteiger partial charge is 0.345 e. The van der Waals surface area contributed by atoms with Crippen LogP contribution in [-0.2, 0) is 4.79 Å². The molecular weight excluding hydrogens is 300 g/mol. The highest BCUT2D eigenvalue weighted by Crippen LogP contribution is 2.11. The number of benzene rings is 2. The van der Waals surface area contributed by atoms with Gasteiger partial charge in [0.15, 0.2) is 5.78 Å². The third-order valence-electron chi connectivity index (χ3n) is 3.21. The van der Waals surface area contributed by atoms with Gasteiger partial charge >= 0.3 is 0 Å². The summed E-state index contributed by atoms with van der Waals surface area (Å²) in [6, 6.07) is 11.1. The molecule has 0 unspecified atom stereocenters. The predicted octanol–water partition coefficient (Wildman–Crippen LogP) is 3.37. The van der Waals surface area contributed by atoms with Gasteiger partial charge in [-0.1, -0.05) is 18.2 Å². The zero-order valence-electron chi connectivity index (χ0n) is 12.5. The first-order valence-corrected chi connectivity index (χ1v) is 6.97. The Morgan fingerprint density at radius 2 is 1.70 bits per heavy atom. The maximum atomic E-state index is 13.5. The molecule has 0 heterocycles. The molecule has 0 aliphatic carbocycles. The monoisotopic (exact) mass is 315 g/mol. The molecule has 3 nitrogen and oxygen atoms in total. The molecular formula is C18H15F2NO2. The average Bonchev–Trinajstić information content (AvgIpc) is 2.55. The van der Waals surface area contributed by atoms with Crippen molar-refractivity contribution in [3.63, 3.8) is 0 Å². The van der Waals surface area contributed by atoms with E-state index in [1.807, 2.05) is 0 Å². The fourth-order valence-corrected chi connectivity index (χ4v) is 1.93. The summed E-state index contributed by atoms with van der Waals surface area (Å²) >= 11 is 0. The van der Waals surface area contributed by atoms with E-state index in [-0.39, 0.29) is 17.9 Å². The number of ketones is 1. The van der Waals surface area contributed by atoms with Gasteiger partial charge in [-0.3, -0.25) is 9.59 Å². The van der Waals surface area contributed by atoms with E-state index in [0.29, 0.717) is 11.1 Å². The first-order valence-electron chi connectivity index (χ1n) is 6.97. The standard InChI is InChI=1S/C18H15F2NO2/c1-12(10-14-4-2-3-5-16(14)20)18(23)21-11-17(22)13-6-8-15(19)9-7-13/h2-10H,11H2,1H3,(H,21,23)/b12-10+. The minimum Gasteiger partial charge on any atom is -0.345 e. The number of halogens is 2. The molecule has 0 atom stereocenters. The van der Waals surface area contributed by atoms with Crippen molar-refractivity contribution >= 4 is 17.8 Å². The van der Waals surface area contributed by atoms with E-state index < -0.39 is 17.5 Å². The summed E-state index contributed by atoms with van der Waals surface area (Å²) in [7, 11) is 0. The quantitative estimate of drug-likeness (QED) is 0.679. The third-order valence-corrected chi connectivity index (χ3v) is 3.21. The molecule has 0 spiro atoms. The lowest BCUT2D eigenvalue weighted by atomic mass is 10.1. The predicted molar refractivity (Wildman–Crippen MR) is 83.8 cm³/mol. The van der Waals surface area contributed by atoms with Crippen LogP contribution >= 0.6 is 0 Å². The van der Waals surface area contributed by atoms with Crippen molar-refractivity contribution in [1.82, 2.24) is 5.32 Å². The highest BCUT2D eigenvalue weighted by atomic mass is 19.1. The number of Topliss-reactive ketones (excluding diaryl/α,β-unsaturated/α-hetero) is 1. The molecule has 2 rings (SSSR count). The number of hydrogen-bond acceptors (Lipinski definition) is 2. The SMILES string of the molecule is C/C(=C\c1ccccc1F)C(=O)NCC(=O)c1ccc(F)cc1. The van der Waals surface area contributed by atoms with Crippen LogP contribution in [0.5, 0.6) is 0 Å². The normalized spacial score (nSPS) is 11.2. The molecule has 0 aliphatic rings. The molecule has 0 saturated heterocycles. The minimum absolute atomic E-state index is 0.215. The first kappa shape index (κ1) is 16.5. The Hall–Kier alpha value is -2.82. The highest BCUT2D eigenvalue weighted by Gasteiger charge is 2.10. The van der Waals surface area contributed by atoms with Crippen molar-refractivity contribution in [3.8, 4) is 0 Å². The Bertz CT molecular complexity index is 752. The summed E-state index contributed by atoms with van der Waals surface area (Å²) in [5.41, 5.74) is 0.884. The van der Waals surface area contributed by atoms with Gasteiger partial charge in [0.05, 0.1) is 6.54 Å². The second-order valence-electron chi connectivity index (χ2n) is 4.96. The van der Waals surface area contributed by atoms with Crippen LogP contribution < -0.4 is 5.32 Å². The van der Waals surface area contributed by atoms with Crippen LogP contribution in [0.2, 0.25) is 0 Å². The van der Waals surface area contributed by atoms with E-state index in [0.717, 1.165) is 0 Å². The Morgan fingerprint density at radius 1 is 1.04 bits per heavy atom. The molecule has 2 aromatic rings. The van der Waals surface area contributed by atoms with Crippen molar-refractivity contribution in [2.24, 2.45) is 0 Å². The summed E-state index contributed by atoms with van der Waals surface area (Å²) in [5, 5.41) is 2.46. The molecule has 1 amide bonds. The molecule has 0 fully saturated rings. The summed E-state index contributed by atoms with van der Waals surface area (Å²) in [4.78, 5) is 23.8. The third kappa shape index (κ3) is 4.57. The van der Waals surface area contributed by atoms with Gasteiger partial charge in [0.1, 0.15) is 11.6 Å². The molecule has 118 valence electrons. The minimum atomic E-state index is -0.469. The van der Waals surface area contributed by atoms with Gasteiger partial charge in [-0.25, -0.2) is 8.78 Å². The van der Waals surface area contributed by atoms with E-state index in [2.05, 4.69) is 5.32 Å². The van der Waals surface area contributed by atoms with Gasteiger partial charge in [-0.15, -0.1) is 0 Å². The van der Waals surface area contributed by atoms with Crippen LogP contribution in [-0.4, -0.2) is 18.2 Å². The Balaban J connectivity index is 1.97. The van der Waals surface area contributed by atoms with Crippen molar-refractivity contribution < 1.29 is 18.4 Å². The van der Waals surface area contributed by atoms with Crippen molar-refractivity contribution in [2.45, 2.75) is 6.92 Å². The van der Waals surface area contributed by atoms with Crippen LogP contribution in [0, 0.1) is 11.6 Å². The number of nitrogens with one attached hydrogen (secondary N) is 1. The Kier molecular flexibility index (Phi) is 5.36. The lowest BCUT2D eigenvalue weighted by molar-refractivity contribution is -0.117. The fraction of sp³-hybridized carbons (Fsp3) is 0.111. The molecule has 2 aromatic carbocycles. The number of hydrogen-bond donors (Lipinski definition) is 1. The summed E-state index contributed by atoms with van der Waals surface area (Å²) < 4.78 is 26.3. The number of amides is 1. The van der Waals surface area contributed by atoms with Gasteiger partial charge in [0, 0.05) is 16.7 Å².